The molecule has 0 bridgehead atoms. The minimum absolute atomic E-state index is 0.512. The molecule has 1 atom stereocenters. The van der Waals surface area contributed by atoms with Gasteiger partial charge in [0.15, 0.2) is 0 Å². The number of hydrogen-bond donors (Lipinski definition) is 1. The molecule has 0 amide bonds. The van der Waals surface area contributed by atoms with E-state index < -0.39 is 8.80 Å². The molecule has 16 heavy (non-hydrogen) atoms. The van der Waals surface area contributed by atoms with Crippen LogP contribution in [0.1, 0.15) is 12.8 Å². The molecule has 1 rings (SSSR count). The predicted octanol–water partition coefficient (Wildman–Crippen LogP) is 0.633. The molecule has 5 nitrogen and oxygen atoms in total. The predicted molar refractivity (Wildman–Crippen MR) is 63.4 cm³/mol. The van der Waals surface area contributed by atoms with E-state index in [9.17, 15) is 0 Å². The molecule has 96 valence electrons. The van der Waals surface area contributed by atoms with Gasteiger partial charge >= 0.3 is 8.80 Å². The van der Waals surface area contributed by atoms with Gasteiger partial charge in [-0.05, 0) is 25.9 Å². The van der Waals surface area contributed by atoms with Crippen molar-refractivity contribution in [3.63, 3.8) is 0 Å². The maximum Gasteiger partial charge on any atom is 0.500 e. The van der Waals surface area contributed by atoms with E-state index in [4.69, 9.17) is 18.0 Å². The second kappa shape index (κ2) is 7.36. The van der Waals surface area contributed by atoms with Crippen molar-refractivity contribution in [2.45, 2.75) is 25.0 Å². The first-order chi connectivity index (χ1) is 7.76. The van der Waals surface area contributed by atoms with E-state index >= 15 is 0 Å². The van der Waals surface area contributed by atoms with Crippen molar-refractivity contribution < 1.29 is 18.0 Å². The Kier molecular flexibility index (Phi) is 6.48. The Bertz CT molecular complexity index is 177. The number of hydrogen-bond acceptors (Lipinski definition) is 5. The molecule has 0 aromatic heterocycles. The highest BCUT2D eigenvalue weighted by atomic mass is 28.4. The fraction of sp³-hybridized carbons (Fsp3) is 1.00. The van der Waals surface area contributed by atoms with E-state index in [0.717, 1.165) is 38.6 Å². The molecule has 1 aliphatic heterocycles. The van der Waals surface area contributed by atoms with Crippen LogP contribution in [0, 0.1) is 0 Å². The van der Waals surface area contributed by atoms with Gasteiger partial charge in [0.25, 0.3) is 0 Å². The lowest BCUT2D eigenvalue weighted by Gasteiger charge is -2.24. The van der Waals surface area contributed by atoms with Gasteiger partial charge in [0, 0.05) is 27.4 Å². The van der Waals surface area contributed by atoms with Crippen LogP contribution >= 0.6 is 0 Å². The molecular formula is C10H23NO4Si. The molecule has 1 fully saturated rings. The van der Waals surface area contributed by atoms with Gasteiger partial charge in [-0.15, -0.1) is 0 Å². The van der Waals surface area contributed by atoms with Crippen LogP contribution in [-0.2, 0) is 18.0 Å². The van der Waals surface area contributed by atoms with Gasteiger partial charge in [-0.1, -0.05) is 0 Å². The number of rotatable bonds is 10. The fourth-order valence-electron chi connectivity index (χ4n) is 1.61. The minimum atomic E-state index is -2.35. The van der Waals surface area contributed by atoms with E-state index in [0.29, 0.717) is 6.10 Å². The minimum Gasteiger partial charge on any atom is -0.377 e. The van der Waals surface area contributed by atoms with Crippen LogP contribution in [0.2, 0.25) is 6.04 Å². The molecule has 0 saturated carbocycles. The Morgan fingerprint density at radius 2 is 1.81 bits per heavy atom. The molecule has 1 aliphatic rings. The summed E-state index contributed by atoms with van der Waals surface area (Å²) in [6.45, 7) is 2.93. The summed E-state index contributed by atoms with van der Waals surface area (Å²) in [5.74, 6) is 0. The summed E-state index contributed by atoms with van der Waals surface area (Å²) in [6.07, 6.45) is 2.63. The van der Waals surface area contributed by atoms with Crippen molar-refractivity contribution in [2.75, 3.05) is 41.0 Å². The summed E-state index contributed by atoms with van der Waals surface area (Å²) in [6, 6.07) is 0.851. The smallest absolute Gasteiger partial charge is 0.377 e. The van der Waals surface area contributed by atoms with Gasteiger partial charge in [0.1, 0.15) is 0 Å². The van der Waals surface area contributed by atoms with Crippen molar-refractivity contribution in [2.24, 2.45) is 0 Å². The van der Waals surface area contributed by atoms with Gasteiger partial charge < -0.3 is 23.3 Å². The molecule has 0 spiro atoms. The molecule has 0 aromatic carbocycles. The van der Waals surface area contributed by atoms with Crippen molar-refractivity contribution in [3.8, 4) is 0 Å². The van der Waals surface area contributed by atoms with E-state index in [1.165, 1.54) is 0 Å². The number of ether oxygens (including phenoxy) is 1. The monoisotopic (exact) mass is 249 g/mol. The number of nitrogens with one attached hydrogen (secondary N) is 1. The second-order valence-electron chi connectivity index (χ2n) is 3.89. The Morgan fingerprint density at radius 1 is 1.19 bits per heavy atom. The van der Waals surface area contributed by atoms with Crippen LogP contribution in [0.3, 0.4) is 0 Å². The molecule has 1 heterocycles. The molecule has 1 saturated heterocycles. The topological polar surface area (TPSA) is 52.2 Å². The van der Waals surface area contributed by atoms with Crippen LogP contribution in [-0.4, -0.2) is 55.9 Å². The molecule has 1 N–H and O–H groups in total. The second-order valence-corrected chi connectivity index (χ2v) is 6.98. The summed E-state index contributed by atoms with van der Waals surface area (Å²) in [5, 5.41) is 3.38. The molecular weight excluding hydrogens is 226 g/mol. The first-order valence-electron chi connectivity index (χ1n) is 5.74. The van der Waals surface area contributed by atoms with E-state index in [1.807, 2.05) is 0 Å². The summed E-state index contributed by atoms with van der Waals surface area (Å²) < 4.78 is 21.1. The molecule has 0 aromatic rings. The third-order valence-electron chi connectivity index (χ3n) is 2.81. The van der Waals surface area contributed by atoms with Gasteiger partial charge in [-0.25, -0.2) is 0 Å². The van der Waals surface area contributed by atoms with Gasteiger partial charge in [0.05, 0.1) is 12.7 Å². The van der Waals surface area contributed by atoms with E-state index in [-0.39, 0.29) is 0 Å². The van der Waals surface area contributed by atoms with Crippen molar-refractivity contribution in [3.05, 3.63) is 0 Å². The van der Waals surface area contributed by atoms with Crippen molar-refractivity contribution in [1.29, 1.82) is 0 Å². The molecule has 0 aliphatic carbocycles. The Balaban J connectivity index is 1.98. The number of epoxide rings is 1. The lowest BCUT2D eigenvalue weighted by molar-refractivity contribution is 0.123. The van der Waals surface area contributed by atoms with Gasteiger partial charge in [-0.2, -0.15) is 0 Å². The lowest BCUT2D eigenvalue weighted by Crippen LogP contribution is -2.43. The Hall–Kier alpha value is 0.0169. The SMILES string of the molecule is CO[Si](CCCNCCC1CO1)(OC)OC. The average Bonchev–Trinajstić information content (AvgIpc) is 3.13. The highest BCUT2D eigenvalue weighted by molar-refractivity contribution is 6.60. The first kappa shape index (κ1) is 14.1. The van der Waals surface area contributed by atoms with Crippen LogP contribution in [0.5, 0.6) is 0 Å². The standard InChI is InChI=1S/C10H23NO4Si/c1-12-16(13-2,14-3)8-4-6-11-7-5-10-9-15-10/h10-11H,4-9H2,1-3H3. The van der Waals surface area contributed by atoms with Crippen LogP contribution in [0.4, 0.5) is 0 Å². The highest BCUT2D eigenvalue weighted by Gasteiger charge is 2.36. The summed E-state index contributed by atoms with van der Waals surface area (Å²) >= 11 is 0. The Morgan fingerprint density at radius 3 is 2.31 bits per heavy atom. The zero-order valence-electron chi connectivity index (χ0n) is 10.5. The van der Waals surface area contributed by atoms with Crippen molar-refractivity contribution >= 4 is 8.80 Å². The quantitative estimate of drug-likeness (QED) is 0.350. The van der Waals surface area contributed by atoms with Crippen LogP contribution in [0.15, 0.2) is 0 Å². The maximum absolute atomic E-state index is 5.34. The molecule has 1 unspecified atom stereocenters. The largest absolute Gasteiger partial charge is 0.500 e. The fourth-order valence-corrected chi connectivity index (χ4v) is 3.33. The van der Waals surface area contributed by atoms with Crippen molar-refractivity contribution in [1.82, 2.24) is 5.32 Å². The summed E-state index contributed by atoms with van der Waals surface area (Å²) in [4.78, 5) is 0. The highest BCUT2D eigenvalue weighted by Crippen LogP contribution is 2.14. The van der Waals surface area contributed by atoms with Crippen LogP contribution < -0.4 is 5.32 Å². The maximum atomic E-state index is 5.34. The first-order valence-corrected chi connectivity index (χ1v) is 7.67. The van der Waals surface area contributed by atoms with Crippen LogP contribution in [0.25, 0.3) is 0 Å². The molecule has 6 heteroatoms. The summed E-state index contributed by atoms with van der Waals surface area (Å²) in [7, 11) is 2.60. The van der Waals surface area contributed by atoms with E-state index in [1.54, 1.807) is 21.3 Å². The molecule has 0 radical (unpaired) electrons. The third kappa shape index (κ3) is 4.90. The summed E-state index contributed by atoms with van der Waals surface area (Å²) in [5.41, 5.74) is 0. The zero-order valence-corrected chi connectivity index (χ0v) is 11.5. The third-order valence-corrected chi connectivity index (χ3v) is 5.65. The average molecular weight is 249 g/mol. The van der Waals surface area contributed by atoms with Gasteiger partial charge in [-0.3, -0.25) is 0 Å². The normalized spacial score (nSPS) is 20.1. The lowest BCUT2D eigenvalue weighted by atomic mass is 10.3. The Labute approximate surface area is 98.8 Å². The van der Waals surface area contributed by atoms with Gasteiger partial charge in [0.2, 0.25) is 0 Å². The van der Waals surface area contributed by atoms with E-state index in [2.05, 4.69) is 5.32 Å². The zero-order chi connectivity index (χ0) is 11.9.